The van der Waals surface area contributed by atoms with Gasteiger partial charge in [-0.05, 0) is 42.2 Å². The highest BCUT2D eigenvalue weighted by Crippen LogP contribution is 2.36. The van der Waals surface area contributed by atoms with E-state index >= 15 is 0 Å². The summed E-state index contributed by atoms with van der Waals surface area (Å²) in [5.74, 6) is -0.648. The molecule has 3 aromatic rings. The second-order valence-electron chi connectivity index (χ2n) is 9.43. The van der Waals surface area contributed by atoms with Gasteiger partial charge >= 0.3 is 11.9 Å². The van der Waals surface area contributed by atoms with Crippen LogP contribution < -0.4 is 24.4 Å². The second-order valence-corrected chi connectivity index (χ2v) is 10.4. The molecule has 0 radical (unpaired) electrons. The van der Waals surface area contributed by atoms with E-state index in [1.165, 1.54) is 42.9 Å². The lowest BCUT2D eigenvalue weighted by molar-refractivity contribution is -0.384. The number of nitrogens with zero attached hydrogens (tertiary/aromatic N) is 3. The molecule has 2 aromatic carbocycles. The van der Waals surface area contributed by atoms with Gasteiger partial charge in [0, 0.05) is 19.1 Å². The van der Waals surface area contributed by atoms with Gasteiger partial charge in [-0.1, -0.05) is 43.4 Å². The Morgan fingerprint density at radius 1 is 1.20 bits per heavy atom. The molecule has 1 aromatic heterocycles. The fraction of sp³-hybridized carbons (Fsp3) is 0.286. The van der Waals surface area contributed by atoms with Crippen LogP contribution in [0.2, 0.25) is 0 Å². The largest absolute Gasteiger partial charge is 0.493 e. The van der Waals surface area contributed by atoms with Gasteiger partial charge in [0.15, 0.2) is 16.3 Å². The van der Waals surface area contributed by atoms with Crippen molar-refractivity contribution in [1.29, 1.82) is 0 Å². The maximum absolute atomic E-state index is 13.8. The van der Waals surface area contributed by atoms with Crippen LogP contribution >= 0.6 is 11.3 Å². The van der Waals surface area contributed by atoms with Gasteiger partial charge in [0.2, 0.25) is 0 Å². The third-order valence-electron chi connectivity index (χ3n) is 5.93. The Morgan fingerprint density at radius 2 is 1.95 bits per heavy atom. The molecule has 11 nitrogen and oxygen atoms in total. The maximum Gasteiger partial charge on any atom is 0.338 e. The highest BCUT2D eigenvalue weighted by atomic mass is 32.1. The van der Waals surface area contributed by atoms with E-state index in [4.69, 9.17) is 14.2 Å². The van der Waals surface area contributed by atoms with Gasteiger partial charge in [-0.25, -0.2) is 9.79 Å². The Kier molecular flexibility index (Phi) is 8.29. The van der Waals surface area contributed by atoms with Crippen LogP contribution in [0, 0.1) is 16.0 Å². The number of nitro benzene ring substituents is 1. The number of ether oxygens (including phenoxy) is 3. The van der Waals surface area contributed by atoms with Crippen molar-refractivity contribution in [1.82, 2.24) is 4.57 Å². The van der Waals surface area contributed by atoms with Gasteiger partial charge < -0.3 is 14.2 Å². The van der Waals surface area contributed by atoms with Crippen molar-refractivity contribution in [3.63, 3.8) is 0 Å². The molecule has 2 heterocycles. The van der Waals surface area contributed by atoms with Crippen molar-refractivity contribution >= 4 is 35.0 Å². The standard InChI is InChI=1S/C28H27N3O8S/c1-15(2)14-38-27(34)24-16(3)29-28-30(25(24)19-9-10-21(39-17(4)32)22(13-19)37-5)26(33)23(40-28)12-18-7-6-8-20(11-18)31(35)36/h6-13,15,25H,14H2,1-5H3. The Balaban J connectivity index is 1.93. The highest BCUT2D eigenvalue weighted by Gasteiger charge is 2.34. The zero-order valence-corrected chi connectivity index (χ0v) is 23.3. The van der Waals surface area contributed by atoms with Crippen molar-refractivity contribution in [3.8, 4) is 11.5 Å². The van der Waals surface area contributed by atoms with Gasteiger partial charge in [-0.3, -0.25) is 24.3 Å². The summed E-state index contributed by atoms with van der Waals surface area (Å²) >= 11 is 1.10. The van der Waals surface area contributed by atoms with Crippen LogP contribution in [0.3, 0.4) is 0 Å². The lowest BCUT2D eigenvalue weighted by Gasteiger charge is -2.25. The molecule has 4 rings (SSSR count). The van der Waals surface area contributed by atoms with Crippen LogP contribution in [0.4, 0.5) is 5.69 Å². The van der Waals surface area contributed by atoms with E-state index in [1.54, 1.807) is 31.2 Å². The van der Waals surface area contributed by atoms with E-state index in [1.807, 2.05) is 13.8 Å². The smallest absolute Gasteiger partial charge is 0.338 e. The average Bonchev–Trinajstić information content (AvgIpc) is 3.20. The summed E-state index contributed by atoms with van der Waals surface area (Å²) in [6.07, 6.45) is 1.55. The van der Waals surface area contributed by atoms with Crippen LogP contribution in [0.25, 0.3) is 6.08 Å². The highest BCUT2D eigenvalue weighted by molar-refractivity contribution is 7.07. The molecule has 0 bridgehead atoms. The number of nitro groups is 1. The fourth-order valence-corrected chi connectivity index (χ4v) is 5.24. The van der Waals surface area contributed by atoms with Crippen LogP contribution in [-0.4, -0.2) is 35.1 Å². The summed E-state index contributed by atoms with van der Waals surface area (Å²) in [6, 6.07) is 9.75. The molecule has 40 heavy (non-hydrogen) atoms. The molecule has 0 saturated heterocycles. The summed E-state index contributed by atoms with van der Waals surface area (Å²) in [4.78, 5) is 54.3. The minimum Gasteiger partial charge on any atom is -0.493 e. The molecule has 0 amide bonds. The number of carbonyl (C=O) groups is 2. The maximum atomic E-state index is 13.8. The number of methoxy groups -OCH3 is 1. The minimum absolute atomic E-state index is 0.0857. The third kappa shape index (κ3) is 5.86. The number of fused-ring (bicyclic) bond motifs is 1. The molecule has 1 aliphatic heterocycles. The van der Waals surface area contributed by atoms with Crippen LogP contribution in [0.5, 0.6) is 11.5 Å². The number of allylic oxidation sites excluding steroid dienone is 1. The molecule has 0 saturated carbocycles. The lowest BCUT2D eigenvalue weighted by atomic mass is 9.95. The number of rotatable bonds is 8. The molecule has 1 atom stereocenters. The van der Waals surface area contributed by atoms with Crippen molar-refractivity contribution in [2.75, 3.05) is 13.7 Å². The van der Waals surface area contributed by atoms with Gasteiger partial charge in [0.25, 0.3) is 11.2 Å². The molecule has 208 valence electrons. The summed E-state index contributed by atoms with van der Waals surface area (Å²) in [7, 11) is 1.41. The minimum atomic E-state index is -0.927. The molecular formula is C28H27N3O8S. The van der Waals surface area contributed by atoms with Crippen LogP contribution in [0.1, 0.15) is 44.9 Å². The van der Waals surface area contributed by atoms with E-state index in [9.17, 15) is 24.5 Å². The number of carbonyl (C=O) groups excluding carboxylic acids is 2. The first kappa shape index (κ1) is 28.4. The molecule has 0 aliphatic carbocycles. The first-order valence-corrected chi connectivity index (χ1v) is 13.1. The van der Waals surface area contributed by atoms with Gasteiger partial charge in [0.05, 0.1) is 40.5 Å². The van der Waals surface area contributed by atoms with E-state index in [0.717, 1.165) is 11.3 Å². The monoisotopic (exact) mass is 565 g/mol. The summed E-state index contributed by atoms with van der Waals surface area (Å²) in [5, 5.41) is 11.2. The summed E-state index contributed by atoms with van der Waals surface area (Å²) in [6.45, 7) is 6.93. The Morgan fingerprint density at radius 3 is 2.60 bits per heavy atom. The second kappa shape index (κ2) is 11.7. The number of hydrogen-bond donors (Lipinski definition) is 0. The third-order valence-corrected chi connectivity index (χ3v) is 6.91. The van der Waals surface area contributed by atoms with Crippen LogP contribution in [-0.2, 0) is 14.3 Å². The Labute approximate surface area is 232 Å². The van der Waals surface area contributed by atoms with E-state index in [2.05, 4.69) is 4.99 Å². The molecule has 12 heteroatoms. The van der Waals surface area contributed by atoms with Crippen LogP contribution in [0.15, 0.2) is 63.5 Å². The lowest BCUT2D eigenvalue weighted by Crippen LogP contribution is -2.40. The Bertz CT molecular complexity index is 1720. The number of esters is 2. The Hall–Kier alpha value is -4.58. The quantitative estimate of drug-likeness (QED) is 0.176. The zero-order valence-electron chi connectivity index (χ0n) is 22.5. The SMILES string of the molecule is COc1cc(C2C(C(=O)OCC(C)C)=C(C)N=c3sc(=Cc4cccc([N+](=O)[O-])c4)c(=O)n32)ccc1OC(C)=O. The van der Waals surface area contributed by atoms with Crippen molar-refractivity contribution in [2.45, 2.75) is 33.7 Å². The summed E-state index contributed by atoms with van der Waals surface area (Å²) < 4.78 is 17.9. The van der Waals surface area contributed by atoms with Gasteiger partial charge in [0.1, 0.15) is 0 Å². The number of aromatic nitrogens is 1. The van der Waals surface area contributed by atoms with E-state index in [0.29, 0.717) is 21.6 Å². The molecule has 1 aliphatic rings. The fourth-order valence-electron chi connectivity index (χ4n) is 4.19. The zero-order chi connectivity index (χ0) is 29.1. The van der Waals surface area contributed by atoms with E-state index in [-0.39, 0.29) is 39.8 Å². The topological polar surface area (TPSA) is 139 Å². The molecular weight excluding hydrogens is 538 g/mol. The number of hydrogen-bond acceptors (Lipinski definition) is 10. The number of non-ortho nitro benzene ring substituents is 1. The number of thiazole rings is 1. The average molecular weight is 566 g/mol. The van der Waals surface area contributed by atoms with Gasteiger partial charge in [-0.2, -0.15) is 0 Å². The molecule has 0 spiro atoms. The van der Waals surface area contributed by atoms with Gasteiger partial charge in [-0.15, -0.1) is 0 Å². The van der Waals surface area contributed by atoms with Crippen molar-refractivity contribution in [3.05, 3.63) is 94.7 Å². The summed E-state index contributed by atoms with van der Waals surface area (Å²) in [5.41, 5.74) is 0.981. The number of benzene rings is 2. The predicted molar refractivity (Wildman–Crippen MR) is 147 cm³/mol. The molecule has 1 unspecified atom stereocenters. The van der Waals surface area contributed by atoms with Crippen molar-refractivity contribution < 1.29 is 28.7 Å². The predicted octanol–water partition coefficient (Wildman–Crippen LogP) is 3.28. The molecule has 0 fully saturated rings. The van der Waals surface area contributed by atoms with E-state index < -0.39 is 28.5 Å². The normalized spacial score (nSPS) is 14.9. The first-order valence-electron chi connectivity index (χ1n) is 12.3. The van der Waals surface area contributed by atoms with Crippen molar-refractivity contribution in [2.24, 2.45) is 10.9 Å². The first-order chi connectivity index (χ1) is 19.0. The molecule has 0 N–H and O–H groups in total.